The summed E-state index contributed by atoms with van der Waals surface area (Å²) in [6.45, 7) is -0.194. The molecule has 0 aliphatic rings. The Morgan fingerprint density at radius 1 is 1.13 bits per heavy atom. The van der Waals surface area contributed by atoms with Crippen molar-refractivity contribution in [2.75, 3.05) is 37.4 Å². The van der Waals surface area contributed by atoms with Crippen molar-refractivity contribution in [3.8, 4) is 5.75 Å². The molecule has 0 heterocycles. The fourth-order valence-electron chi connectivity index (χ4n) is 2.42. The summed E-state index contributed by atoms with van der Waals surface area (Å²) in [6.07, 6.45) is -4.48. The van der Waals surface area contributed by atoms with E-state index in [2.05, 4.69) is 10.6 Å². The molecule has 2 aromatic rings. The minimum Gasteiger partial charge on any atom is -0.482 e. The number of alkyl halides is 3. The third kappa shape index (κ3) is 7.47. The van der Waals surface area contributed by atoms with Crippen molar-refractivity contribution in [1.29, 1.82) is 0 Å². The molecule has 2 rings (SSSR count). The molecule has 2 amide bonds. The number of benzene rings is 2. The number of para-hydroxylation sites is 1. The molecule has 0 aliphatic carbocycles. The summed E-state index contributed by atoms with van der Waals surface area (Å²) in [7, 11) is 1.44. The van der Waals surface area contributed by atoms with E-state index in [0.29, 0.717) is 16.3 Å². The highest BCUT2D eigenvalue weighted by molar-refractivity contribution is 6.33. The largest absolute Gasteiger partial charge is 0.482 e. The van der Waals surface area contributed by atoms with Gasteiger partial charge in [-0.3, -0.25) is 9.59 Å². The van der Waals surface area contributed by atoms with Gasteiger partial charge in [0.25, 0.3) is 0 Å². The van der Waals surface area contributed by atoms with Crippen LogP contribution in [0.4, 0.5) is 24.5 Å². The first-order valence-corrected chi connectivity index (χ1v) is 9.25. The van der Waals surface area contributed by atoms with Gasteiger partial charge in [0.2, 0.25) is 11.8 Å². The molecule has 0 fully saturated rings. The van der Waals surface area contributed by atoms with Crippen LogP contribution in [-0.4, -0.2) is 49.6 Å². The third-order valence-corrected chi connectivity index (χ3v) is 4.24. The van der Waals surface area contributed by atoms with Gasteiger partial charge in [-0.05, 0) is 36.8 Å². The number of carbonyl (C=O) groups excluding carboxylic acids is 2. The highest BCUT2D eigenvalue weighted by Crippen LogP contribution is 2.28. The van der Waals surface area contributed by atoms with Gasteiger partial charge in [-0.15, -0.1) is 0 Å². The molecular weight excluding hydrogens is 423 g/mol. The van der Waals surface area contributed by atoms with Crippen molar-refractivity contribution in [2.45, 2.75) is 13.1 Å². The number of amides is 2. The van der Waals surface area contributed by atoms with Crippen LogP contribution in [0.25, 0.3) is 0 Å². The van der Waals surface area contributed by atoms with Crippen LogP contribution in [0.3, 0.4) is 0 Å². The number of nitrogens with one attached hydrogen (secondary N) is 2. The second-order valence-corrected chi connectivity index (χ2v) is 6.94. The molecule has 0 atom stereocenters. The standard InChI is InChI=1S/C20H21ClF3N3O3/c1-13-7-8-16(17(9-13)30-12-20(22,23)24)25-10-19(29)27(2)11-18(28)26-15-6-4-3-5-14(15)21/h3-9,25H,10-12H2,1-2H3,(H,26,28). The summed E-state index contributed by atoms with van der Waals surface area (Å²) in [5, 5.41) is 5.73. The fraction of sp³-hybridized carbons (Fsp3) is 0.300. The van der Waals surface area contributed by atoms with Gasteiger partial charge in [0.15, 0.2) is 6.61 Å². The number of anilines is 2. The Morgan fingerprint density at radius 3 is 2.50 bits per heavy atom. The van der Waals surface area contributed by atoms with Crippen molar-refractivity contribution >= 4 is 34.8 Å². The number of carbonyl (C=O) groups is 2. The number of hydrogen-bond donors (Lipinski definition) is 2. The van der Waals surface area contributed by atoms with E-state index in [1.165, 1.54) is 24.1 Å². The van der Waals surface area contributed by atoms with Gasteiger partial charge in [0.1, 0.15) is 5.75 Å². The van der Waals surface area contributed by atoms with Crippen LogP contribution >= 0.6 is 11.6 Å². The predicted molar refractivity (Wildman–Crippen MR) is 109 cm³/mol. The average Bonchev–Trinajstić information content (AvgIpc) is 2.66. The van der Waals surface area contributed by atoms with E-state index >= 15 is 0 Å². The van der Waals surface area contributed by atoms with Crippen LogP contribution in [0.1, 0.15) is 5.56 Å². The van der Waals surface area contributed by atoms with Crippen LogP contribution in [0, 0.1) is 6.92 Å². The summed E-state index contributed by atoms with van der Waals surface area (Å²) in [5.41, 5.74) is 1.37. The van der Waals surface area contributed by atoms with E-state index in [9.17, 15) is 22.8 Å². The Balaban J connectivity index is 1.91. The first kappa shape index (κ1) is 23.3. The monoisotopic (exact) mass is 443 g/mol. The zero-order valence-corrected chi connectivity index (χ0v) is 17.1. The molecule has 0 aliphatic heterocycles. The fourth-order valence-corrected chi connectivity index (χ4v) is 2.60. The van der Waals surface area contributed by atoms with Gasteiger partial charge in [0.05, 0.1) is 29.5 Å². The quantitative estimate of drug-likeness (QED) is 0.644. The Bertz CT molecular complexity index is 906. The lowest BCUT2D eigenvalue weighted by atomic mass is 10.2. The molecule has 0 bridgehead atoms. The maximum atomic E-state index is 12.4. The number of likely N-dealkylation sites (N-methyl/N-ethyl adjacent to an activating group) is 1. The molecule has 2 aromatic carbocycles. The second kappa shape index (κ2) is 10.2. The Labute approximate surface area is 177 Å². The molecule has 6 nitrogen and oxygen atoms in total. The minimum absolute atomic E-state index is 0.0146. The van der Waals surface area contributed by atoms with Crippen molar-refractivity contribution in [3.63, 3.8) is 0 Å². The third-order valence-electron chi connectivity index (χ3n) is 3.91. The Kier molecular flexibility index (Phi) is 7.93. The molecular formula is C20H21ClF3N3O3. The number of ether oxygens (including phenoxy) is 1. The van der Waals surface area contributed by atoms with Crippen molar-refractivity contribution < 1.29 is 27.5 Å². The van der Waals surface area contributed by atoms with Gasteiger partial charge in [-0.1, -0.05) is 29.8 Å². The molecule has 162 valence electrons. The van der Waals surface area contributed by atoms with Gasteiger partial charge in [-0.2, -0.15) is 13.2 Å². The number of hydrogen-bond acceptors (Lipinski definition) is 4. The zero-order chi connectivity index (χ0) is 22.3. The van der Waals surface area contributed by atoms with Crippen molar-refractivity contribution in [3.05, 3.63) is 53.1 Å². The smallest absolute Gasteiger partial charge is 0.422 e. The lowest BCUT2D eigenvalue weighted by Crippen LogP contribution is -2.38. The highest BCUT2D eigenvalue weighted by Gasteiger charge is 2.29. The number of nitrogens with zero attached hydrogens (tertiary/aromatic N) is 1. The van der Waals surface area contributed by atoms with E-state index in [4.69, 9.17) is 16.3 Å². The van der Waals surface area contributed by atoms with Gasteiger partial charge in [-0.25, -0.2) is 0 Å². The van der Waals surface area contributed by atoms with Gasteiger partial charge < -0.3 is 20.3 Å². The summed E-state index contributed by atoms with van der Waals surface area (Å²) in [6, 6.07) is 11.3. The van der Waals surface area contributed by atoms with E-state index in [1.807, 2.05) is 0 Å². The number of aryl methyl sites for hydroxylation is 1. The van der Waals surface area contributed by atoms with Crippen molar-refractivity contribution in [1.82, 2.24) is 4.90 Å². The highest BCUT2D eigenvalue weighted by atomic mass is 35.5. The number of rotatable bonds is 8. The normalized spacial score (nSPS) is 11.0. The van der Waals surface area contributed by atoms with Crippen LogP contribution in [0.5, 0.6) is 5.75 Å². The maximum absolute atomic E-state index is 12.4. The van der Waals surface area contributed by atoms with Crippen LogP contribution in [-0.2, 0) is 9.59 Å². The first-order valence-electron chi connectivity index (χ1n) is 8.87. The summed E-state index contributed by atoms with van der Waals surface area (Å²) in [4.78, 5) is 25.6. The lowest BCUT2D eigenvalue weighted by molar-refractivity contribution is -0.153. The minimum atomic E-state index is -4.48. The van der Waals surface area contributed by atoms with Crippen LogP contribution in [0.15, 0.2) is 42.5 Å². The predicted octanol–water partition coefficient (Wildman–Crippen LogP) is 4.10. The molecule has 30 heavy (non-hydrogen) atoms. The lowest BCUT2D eigenvalue weighted by Gasteiger charge is -2.19. The average molecular weight is 444 g/mol. The van der Waals surface area contributed by atoms with Crippen molar-refractivity contribution in [2.24, 2.45) is 0 Å². The molecule has 0 unspecified atom stereocenters. The van der Waals surface area contributed by atoms with Crippen LogP contribution in [0.2, 0.25) is 5.02 Å². The Morgan fingerprint density at radius 2 is 1.83 bits per heavy atom. The molecule has 10 heteroatoms. The maximum Gasteiger partial charge on any atom is 0.422 e. The molecule has 0 aromatic heterocycles. The van der Waals surface area contributed by atoms with Gasteiger partial charge >= 0.3 is 6.18 Å². The van der Waals surface area contributed by atoms with E-state index in [1.54, 1.807) is 37.3 Å². The summed E-state index contributed by atoms with van der Waals surface area (Å²) in [5.74, 6) is -0.894. The zero-order valence-electron chi connectivity index (χ0n) is 16.3. The molecule has 0 saturated carbocycles. The first-order chi connectivity index (χ1) is 14.0. The Hall–Kier alpha value is -2.94. The van der Waals surface area contributed by atoms with Crippen LogP contribution < -0.4 is 15.4 Å². The summed E-state index contributed by atoms with van der Waals surface area (Å²) >= 11 is 5.98. The van der Waals surface area contributed by atoms with E-state index < -0.39 is 24.6 Å². The SMILES string of the molecule is Cc1ccc(NCC(=O)N(C)CC(=O)Nc2ccccc2Cl)c(OCC(F)(F)F)c1. The summed E-state index contributed by atoms with van der Waals surface area (Å²) < 4.78 is 42.2. The molecule has 0 radical (unpaired) electrons. The van der Waals surface area contributed by atoms with Gasteiger partial charge in [0, 0.05) is 7.05 Å². The molecule has 0 spiro atoms. The van der Waals surface area contributed by atoms with E-state index in [-0.39, 0.29) is 24.5 Å². The molecule has 2 N–H and O–H groups in total. The number of halogens is 4. The van der Waals surface area contributed by atoms with E-state index in [0.717, 1.165) is 0 Å². The molecule has 0 saturated heterocycles. The second-order valence-electron chi connectivity index (χ2n) is 6.53. The topological polar surface area (TPSA) is 70.7 Å².